The topological polar surface area (TPSA) is 58.7 Å². The van der Waals surface area contributed by atoms with Crippen molar-refractivity contribution in [2.75, 3.05) is 7.05 Å². The van der Waals surface area contributed by atoms with E-state index in [1.165, 1.54) is 37.0 Å². The zero-order valence-electron chi connectivity index (χ0n) is 10.9. The number of nitrogens with two attached hydrogens (primary N) is 1. The molecule has 2 aliphatic rings. The van der Waals surface area contributed by atoms with Gasteiger partial charge in [-0.3, -0.25) is 9.69 Å². The number of nitrogens with zero attached hydrogens (tertiary/aromatic N) is 2. The van der Waals surface area contributed by atoms with Crippen molar-refractivity contribution >= 4 is 11.9 Å². The summed E-state index contributed by atoms with van der Waals surface area (Å²) in [5.41, 5.74) is 5.54. The minimum Gasteiger partial charge on any atom is -0.369 e. The highest BCUT2D eigenvalue weighted by Crippen LogP contribution is 2.35. The van der Waals surface area contributed by atoms with Gasteiger partial charge in [0.25, 0.3) is 0 Å². The van der Waals surface area contributed by atoms with Crippen molar-refractivity contribution < 1.29 is 4.79 Å². The fraction of sp³-hybridized carbons (Fsp3) is 0.846. The first-order valence-electron chi connectivity index (χ1n) is 6.62. The Labute approximate surface area is 103 Å². The van der Waals surface area contributed by atoms with Crippen LogP contribution in [-0.2, 0) is 4.79 Å². The summed E-state index contributed by atoms with van der Waals surface area (Å²) in [6, 6.07) is 0. The van der Waals surface area contributed by atoms with Crippen LogP contribution in [0.5, 0.6) is 0 Å². The highest BCUT2D eigenvalue weighted by Gasteiger charge is 2.36. The molecule has 0 bridgehead atoms. The normalized spacial score (nSPS) is 31.5. The number of hydrogen-bond acceptors (Lipinski definition) is 3. The van der Waals surface area contributed by atoms with E-state index in [4.69, 9.17) is 5.73 Å². The molecule has 1 atom stereocenters. The molecular formula is C13H23N3O. The van der Waals surface area contributed by atoms with E-state index in [9.17, 15) is 4.79 Å². The molecule has 0 aromatic heterocycles. The van der Waals surface area contributed by atoms with Crippen LogP contribution in [0, 0.1) is 5.92 Å². The van der Waals surface area contributed by atoms with Crippen molar-refractivity contribution in [3.63, 3.8) is 0 Å². The fourth-order valence-electron chi connectivity index (χ4n) is 3.09. The third-order valence-electron chi connectivity index (χ3n) is 4.09. The summed E-state index contributed by atoms with van der Waals surface area (Å²) in [6.07, 6.45) is 8.10. The van der Waals surface area contributed by atoms with Crippen molar-refractivity contribution in [2.45, 2.75) is 57.4 Å². The van der Waals surface area contributed by atoms with Gasteiger partial charge in [-0.05, 0) is 19.3 Å². The molecule has 1 aliphatic heterocycles. The molecule has 1 unspecified atom stereocenters. The Balaban J connectivity index is 2.05. The smallest absolute Gasteiger partial charge is 0.231 e. The largest absolute Gasteiger partial charge is 0.369 e. The van der Waals surface area contributed by atoms with Gasteiger partial charge in [0.1, 0.15) is 0 Å². The molecule has 0 saturated heterocycles. The van der Waals surface area contributed by atoms with E-state index >= 15 is 0 Å². The van der Waals surface area contributed by atoms with Gasteiger partial charge in [-0.15, -0.1) is 0 Å². The standard InChI is InChI=1S/C13H23N3O/c1-13(8-10-6-4-3-5-7-10)9-11(17)16(2)12(14)15-13/h10H,3-9H2,1-2H3,(H2,14,15). The molecule has 0 aromatic rings. The average Bonchev–Trinajstić information content (AvgIpc) is 2.27. The minimum absolute atomic E-state index is 0.0933. The maximum absolute atomic E-state index is 11.8. The number of guanidine groups is 1. The van der Waals surface area contributed by atoms with E-state index in [0.29, 0.717) is 12.4 Å². The lowest BCUT2D eigenvalue weighted by molar-refractivity contribution is -0.128. The Hall–Kier alpha value is -1.06. The van der Waals surface area contributed by atoms with Gasteiger partial charge in [-0.2, -0.15) is 0 Å². The highest BCUT2D eigenvalue weighted by atomic mass is 16.2. The first kappa shape index (κ1) is 12.4. The molecule has 2 rings (SSSR count). The molecular weight excluding hydrogens is 214 g/mol. The van der Waals surface area contributed by atoms with E-state index in [2.05, 4.69) is 11.9 Å². The van der Waals surface area contributed by atoms with Gasteiger partial charge < -0.3 is 5.73 Å². The molecule has 0 aromatic carbocycles. The third-order valence-corrected chi connectivity index (χ3v) is 4.09. The molecule has 0 spiro atoms. The van der Waals surface area contributed by atoms with Crippen molar-refractivity contribution in [1.29, 1.82) is 0 Å². The van der Waals surface area contributed by atoms with E-state index in [0.717, 1.165) is 12.3 Å². The van der Waals surface area contributed by atoms with Crippen LogP contribution >= 0.6 is 0 Å². The Kier molecular flexibility index (Phi) is 3.40. The van der Waals surface area contributed by atoms with Crippen LogP contribution in [0.25, 0.3) is 0 Å². The average molecular weight is 237 g/mol. The first-order chi connectivity index (χ1) is 8.00. The molecule has 1 fully saturated rings. The van der Waals surface area contributed by atoms with Gasteiger partial charge in [-0.25, -0.2) is 4.99 Å². The van der Waals surface area contributed by atoms with Crippen LogP contribution in [0.2, 0.25) is 0 Å². The Morgan fingerprint density at radius 2 is 2.06 bits per heavy atom. The summed E-state index contributed by atoms with van der Waals surface area (Å²) in [6.45, 7) is 2.07. The maximum atomic E-state index is 11.8. The van der Waals surface area contributed by atoms with E-state index < -0.39 is 0 Å². The quantitative estimate of drug-likeness (QED) is 0.797. The summed E-state index contributed by atoms with van der Waals surface area (Å²) >= 11 is 0. The second-order valence-corrected chi connectivity index (χ2v) is 5.80. The van der Waals surface area contributed by atoms with E-state index in [1.807, 2.05) is 0 Å². The summed E-state index contributed by atoms with van der Waals surface area (Å²) in [5, 5.41) is 0. The zero-order chi connectivity index (χ0) is 12.5. The molecule has 1 saturated carbocycles. The van der Waals surface area contributed by atoms with Gasteiger partial charge in [0, 0.05) is 7.05 Å². The van der Waals surface area contributed by atoms with Gasteiger partial charge in [-0.1, -0.05) is 32.1 Å². The molecule has 4 heteroatoms. The lowest BCUT2D eigenvalue weighted by Gasteiger charge is -2.36. The van der Waals surface area contributed by atoms with Crippen LogP contribution in [0.15, 0.2) is 4.99 Å². The second kappa shape index (κ2) is 4.67. The summed E-state index contributed by atoms with van der Waals surface area (Å²) in [5.74, 6) is 1.19. The van der Waals surface area contributed by atoms with Crippen LogP contribution in [0.3, 0.4) is 0 Å². The van der Waals surface area contributed by atoms with Crippen molar-refractivity contribution in [1.82, 2.24) is 4.90 Å². The number of carbonyl (C=O) groups excluding carboxylic acids is 1. The van der Waals surface area contributed by atoms with Crippen molar-refractivity contribution in [3.8, 4) is 0 Å². The minimum atomic E-state index is -0.268. The monoisotopic (exact) mass is 237 g/mol. The molecule has 96 valence electrons. The lowest BCUT2D eigenvalue weighted by atomic mass is 9.78. The van der Waals surface area contributed by atoms with Crippen LogP contribution in [0.4, 0.5) is 0 Å². The SMILES string of the molecule is CN1C(=O)CC(C)(CC2CCCCC2)N=C1N. The third kappa shape index (κ3) is 2.79. The lowest BCUT2D eigenvalue weighted by Crippen LogP contribution is -2.49. The van der Waals surface area contributed by atoms with Gasteiger partial charge >= 0.3 is 0 Å². The zero-order valence-corrected chi connectivity index (χ0v) is 10.9. The summed E-state index contributed by atoms with van der Waals surface area (Å²) in [4.78, 5) is 17.8. The predicted octanol–water partition coefficient (Wildman–Crippen LogP) is 1.89. The number of hydrogen-bond donors (Lipinski definition) is 1. The Morgan fingerprint density at radius 1 is 1.41 bits per heavy atom. The van der Waals surface area contributed by atoms with Crippen LogP contribution in [-0.4, -0.2) is 29.4 Å². The molecule has 1 heterocycles. The number of amides is 1. The van der Waals surface area contributed by atoms with Gasteiger partial charge in [0.15, 0.2) is 5.96 Å². The maximum Gasteiger partial charge on any atom is 0.231 e. The van der Waals surface area contributed by atoms with Crippen LogP contribution < -0.4 is 5.73 Å². The number of aliphatic imine (C=N–C) groups is 1. The second-order valence-electron chi connectivity index (χ2n) is 5.80. The number of carbonyl (C=O) groups is 1. The van der Waals surface area contributed by atoms with E-state index in [-0.39, 0.29) is 11.4 Å². The summed E-state index contributed by atoms with van der Waals surface area (Å²) in [7, 11) is 1.70. The van der Waals surface area contributed by atoms with Crippen molar-refractivity contribution in [2.24, 2.45) is 16.6 Å². The first-order valence-corrected chi connectivity index (χ1v) is 6.62. The Bertz CT molecular complexity index is 334. The van der Waals surface area contributed by atoms with Gasteiger partial charge in [0.2, 0.25) is 5.91 Å². The summed E-state index contributed by atoms with van der Waals surface area (Å²) < 4.78 is 0. The molecule has 1 aliphatic carbocycles. The van der Waals surface area contributed by atoms with Crippen molar-refractivity contribution in [3.05, 3.63) is 0 Å². The molecule has 1 amide bonds. The number of rotatable bonds is 2. The van der Waals surface area contributed by atoms with E-state index in [1.54, 1.807) is 7.05 Å². The Morgan fingerprint density at radius 3 is 2.65 bits per heavy atom. The van der Waals surface area contributed by atoms with Gasteiger partial charge in [0.05, 0.1) is 12.0 Å². The predicted molar refractivity (Wildman–Crippen MR) is 68.6 cm³/mol. The fourth-order valence-corrected chi connectivity index (χ4v) is 3.09. The molecule has 0 radical (unpaired) electrons. The highest BCUT2D eigenvalue weighted by molar-refractivity contribution is 5.98. The molecule has 4 nitrogen and oxygen atoms in total. The molecule has 17 heavy (non-hydrogen) atoms. The van der Waals surface area contributed by atoms with Crippen LogP contribution in [0.1, 0.15) is 51.9 Å². The molecule has 2 N–H and O–H groups in total.